The minimum atomic E-state index is -0.607. The van der Waals surface area contributed by atoms with Gasteiger partial charge in [-0.3, -0.25) is 9.69 Å². The van der Waals surface area contributed by atoms with Gasteiger partial charge in [0.2, 0.25) is 5.91 Å². The van der Waals surface area contributed by atoms with Crippen LogP contribution in [0.5, 0.6) is 0 Å². The molecule has 1 amide bonds. The fourth-order valence-electron chi connectivity index (χ4n) is 2.45. The molecular formula is C17H23FN2O3. The first-order chi connectivity index (χ1) is 11.0. The minimum absolute atomic E-state index is 0.227. The zero-order chi connectivity index (χ0) is 16.7. The number of benzene rings is 1. The Morgan fingerprint density at radius 2 is 2.22 bits per heavy atom. The molecule has 1 unspecified atom stereocenters. The van der Waals surface area contributed by atoms with Crippen molar-refractivity contribution < 1.29 is 19.0 Å². The van der Waals surface area contributed by atoms with Crippen molar-refractivity contribution in [3.05, 3.63) is 41.7 Å². The first-order valence-electron chi connectivity index (χ1n) is 7.71. The second kappa shape index (κ2) is 8.76. The molecule has 1 saturated heterocycles. The van der Waals surface area contributed by atoms with Gasteiger partial charge in [-0.1, -0.05) is 12.1 Å². The van der Waals surface area contributed by atoms with E-state index in [1.165, 1.54) is 23.1 Å². The highest BCUT2D eigenvalue weighted by atomic mass is 19.1. The summed E-state index contributed by atoms with van der Waals surface area (Å²) in [5.74, 6) is -0.566. The van der Waals surface area contributed by atoms with Crippen LogP contribution in [-0.2, 0) is 9.53 Å². The molecule has 0 saturated carbocycles. The summed E-state index contributed by atoms with van der Waals surface area (Å²) >= 11 is 0. The highest BCUT2D eigenvalue weighted by molar-refractivity contribution is 5.91. The molecule has 126 valence electrons. The summed E-state index contributed by atoms with van der Waals surface area (Å²) in [6.45, 7) is 3.73. The van der Waals surface area contributed by atoms with Crippen molar-refractivity contribution in [1.82, 2.24) is 9.80 Å². The predicted molar refractivity (Wildman–Crippen MR) is 86.3 cm³/mol. The molecule has 1 fully saturated rings. The third-order valence-electron chi connectivity index (χ3n) is 3.70. The minimum Gasteiger partial charge on any atom is -0.390 e. The summed E-state index contributed by atoms with van der Waals surface area (Å²) < 4.78 is 18.3. The second-order valence-electron chi connectivity index (χ2n) is 5.67. The van der Waals surface area contributed by atoms with E-state index in [4.69, 9.17) is 4.74 Å². The quantitative estimate of drug-likeness (QED) is 0.794. The van der Waals surface area contributed by atoms with E-state index in [-0.39, 0.29) is 18.3 Å². The number of morpholine rings is 1. The van der Waals surface area contributed by atoms with Gasteiger partial charge in [0.05, 0.1) is 19.3 Å². The summed E-state index contributed by atoms with van der Waals surface area (Å²) in [7, 11) is 1.64. The van der Waals surface area contributed by atoms with Gasteiger partial charge in [0, 0.05) is 39.3 Å². The number of carbonyl (C=O) groups excluding carboxylic acids is 1. The Bertz CT molecular complexity index is 544. The zero-order valence-electron chi connectivity index (χ0n) is 13.3. The SMILES string of the molecule is CN(CC(O)CN1CCOCC1)C(=O)C=Cc1cccc(F)c1. The molecule has 1 aromatic rings. The Morgan fingerprint density at radius 3 is 2.91 bits per heavy atom. The maximum absolute atomic E-state index is 13.1. The van der Waals surface area contributed by atoms with E-state index in [0.29, 0.717) is 25.3 Å². The van der Waals surface area contributed by atoms with Crippen LogP contribution in [0.2, 0.25) is 0 Å². The number of halogens is 1. The van der Waals surface area contributed by atoms with Crippen LogP contribution in [0.25, 0.3) is 6.08 Å². The van der Waals surface area contributed by atoms with Crippen LogP contribution in [0.3, 0.4) is 0 Å². The number of hydrogen-bond acceptors (Lipinski definition) is 4. The van der Waals surface area contributed by atoms with Crippen LogP contribution < -0.4 is 0 Å². The lowest BCUT2D eigenvalue weighted by molar-refractivity contribution is -0.126. The van der Waals surface area contributed by atoms with Gasteiger partial charge in [-0.25, -0.2) is 4.39 Å². The Kier molecular flexibility index (Phi) is 6.70. The molecule has 6 heteroatoms. The number of aliphatic hydroxyl groups is 1. The number of carbonyl (C=O) groups is 1. The van der Waals surface area contributed by atoms with E-state index in [1.807, 2.05) is 0 Å². The van der Waals surface area contributed by atoms with Crippen molar-refractivity contribution in [2.75, 3.05) is 46.4 Å². The van der Waals surface area contributed by atoms with Gasteiger partial charge >= 0.3 is 0 Å². The lowest BCUT2D eigenvalue weighted by Crippen LogP contribution is -2.44. The lowest BCUT2D eigenvalue weighted by Gasteiger charge is -2.29. The first-order valence-corrected chi connectivity index (χ1v) is 7.71. The number of β-amino-alcohol motifs (C(OH)–C–C–N with tert-alkyl or cyclic N) is 1. The topological polar surface area (TPSA) is 53.0 Å². The van der Waals surface area contributed by atoms with Gasteiger partial charge in [-0.05, 0) is 23.8 Å². The van der Waals surface area contributed by atoms with Crippen LogP contribution in [0.4, 0.5) is 4.39 Å². The van der Waals surface area contributed by atoms with E-state index in [0.717, 1.165) is 13.1 Å². The molecule has 23 heavy (non-hydrogen) atoms. The third-order valence-corrected chi connectivity index (χ3v) is 3.70. The number of rotatable bonds is 6. The van der Waals surface area contributed by atoms with Crippen LogP contribution in [-0.4, -0.2) is 73.4 Å². The fraction of sp³-hybridized carbons (Fsp3) is 0.471. The Hall–Kier alpha value is -1.76. The molecule has 1 aliphatic heterocycles. The second-order valence-corrected chi connectivity index (χ2v) is 5.67. The van der Waals surface area contributed by atoms with Crippen LogP contribution in [0.15, 0.2) is 30.3 Å². The maximum atomic E-state index is 13.1. The van der Waals surface area contributed by atoms with E-state index < -0.39 is 6.10 Å². The van der Waals surface area contributed by atoms with Crippen molar-refractivity contribution >= 4 is 12.0 Å². The van der Waals surface area contributed by atoms with E-state index in [2.05, 4.69) is 4.90 Å². The molecule has 1 heterocycles. The summed E-state index contributed by atoms with van der Waals surface area (Å²) in [4.78, 5) is 15.6. The Labute approximate surface area is 136 Å². The first kappa shape index (κ1) is 17.6. The number of amides is 1. The molecule has 0 aliphatic carbocycles. The molecule has 0 bridgehead atoms. The smallest absolute Gasteiger partial charge is 0.246 e. The molecule has 1 aromatic carbocycles. The van der Waals surface area contributed by atoms with Gasteiger partial charge in [0.15, 0.2) is 0 Å². The van der Waals surface area contributed by atoms with Crippen molar-refractivity contribution in [2.45, 2.75) is 6.10 Å². The van der Waals surface area contributed by atoms with Gasteiger partial charge < -0.3 is 14.7 Å². The van der Waals surface area contributed by atoms with Crippen molar-refractivity contribution in [3.8, 4) is 0 Å². The fourth-order valence-corrected chi connectivity index (χ4v) is 2.45. The monoisotopic (exact) mass is 322 g/mol. The summed E-state index contributed by atoms with van der Waals surface area (Å²) in [5.41, 5.74) is 0.626. The normalized spacial score (nSPS) is 17.3. The molecule has 2 rings (SSSR count). The Morgan fingerprint density at radius 1 is 1.48 bits per heavy atom. The zero-order valence-corrected chi connectivity index (χ0v) is 13.3. The van der Waals surface area contributed by atoms with E-state index in [9.17, 15) is 14.3 Å². The molecule has 5 nitrogen and oxygen atoms in total. The highest BCUT2D eigenvalue weighted by Crippen LogP contribution is 2.06. The van der Waals surface area contributed by atoms with Crippen molar-refractivity contribution in [1.29, 1.82) is 0 Å². The molecule has 1 N–H and O–H groups in total. The van der Waals surface area contributed by atoms with Gasteiger partial charge in [0.25, 0.3) is 0 Å². The lowest BCUT2D eigenvalue weighted by atomic mass is 10.2. The Balaban J connectivity index is 1.79. The van der Waals surface area contributed by atoms with Gasteiger partial charge in [-0.15, -0.1) is 0 Å². The number of likely N-dealkylation sites (N-methyl/N-ethyl adjacent to an activating group) is 1. The average molecular weight is 322 g/mol. The molecule has 1 atom stereocenters. The third kappa shape index (κ3) is 6.09. The summed E-state index contributed by atoms with van der Waals surface area (Å²) in [6.07, 6.45) is 2.34. The van der Waals surface area contributed by atoms with Crippen LogP contribution >= 0.6 is 0 Å². The highest BCUT2D eigenvalue weighted by Gasteiger charge is 2.17. The van der Waals surface area contributed by atoms with E-state index >= 15 is 0 Å². The number of hydrogen-bond donors (Lipinski definition) is 1. The molecule has 1 aliphatic rings. The van der Waals surface area contributed by atoms with E-state index in [1.54, 1.807) is 25.3 Å². The van der Waals surface area contributed by atoms with Crippen LogP contribution in [0.1, 0.15) is 5.56 Å². The van der Waals surface area contributed by atoms with Gasteiger partial charge in [-0.2, -0.15) is 0 Å². The molecule has 0 radical (unpaired) electrons. The summed E-state index contributed by atoms with van der Waals surface area (Å²) in [6, 6.07) is 6.03. The average Bonchev–Trinajstić information content (AvgIpc) is 2.53. The molecule has 0 spiro atoms. The number of ether oxygens (including phenoxy) is 1. The molecular weight excluding hydrogens is 299 g/mol. The van der Waals surface area contributed by atoms with Crippen LogP contribution in [0, 0.1) is 5.82 Å². The van der Waals surface area contributed by atoms with Gasteiger partial charge in [0.1, 0.15) is 5.82 Å². The van der Waals surface area contributed by atoms with Crippen molar-refractivity contribution in [2.24, 2.45) is 0 Å². The van der Waals surface area contributed by atoms with Crippen molar-refractivity contribution in [3.63, 3.8) is 0 Å². The molecule has 0 aromatic heterocycles. The predicted octanol–water partition coefficient (Wildman–Crippen LogP) is 0.990. The standard InChI is InChI=1S/C17H23FN2O3/c1-19(12-16(21)13-20-7-9-23-10-8-20)17(22)6-5-14-3-2-4-15(18)11-14/h2-6,11,16,21H,7-10,12-13H2,1H3. The maximum Gasteiger partial charge on any atom is 0.246 e. The summed E-state index contributed by atoms with van der Waals surface area (Å²) in [5, 5.41) is 10.1. The number of aliphatic hydroxyl groups excluding tert-OH is 1. The largest absolute Gasteiger partial charge is 0.390 e. The number of nitrogens with zero attached hydrogens (tertiary/aromatic N) is 2.